The van der Waals surface area contributed by atoms with Crippen LogP contribution in [-0.4, -0.2) is 37.6 Å². The van der Waals surface area contributed by atoms with Gasteiger partial charge < -0.3 is 14.7 Å². The van der Waals surface area contributed by atoms with Gasteiger partial charge in [0, 0.05) is 55.4 Å². The maximum absolute atomic E-state index is 4.84. The number of benzene rings is 3. The zero-order chi connectivity index (χ0) is 27.3. The van der Waals surface area contributed by atoms with E-state index in [1.165, 1.54) is 107 Å². The van der Waals surface area contributed by atoms with E-state index in [9.17, 15) is 0 Å². The molecule has 41 heavy (non-hydrogen) atoms. The van der Waals surface area contributed by atoms with Crippen LogP contribution in [0.5, 0.6) is 0 Å². The highest BCUT2D eigenvalue weighted by molar-refractivity contribution is 5.83. The lowest BCUT2D eigenvalue weighted by Gasteiger charge is -2.50. The molecule has 3 aromatic rings. The summed E-state index contributed by atoms with van der Waals surface area (Å²) in [7, 11) is 0. The molecule has 0 amide bonds. The van der Waals surface area contributed by atoms with Crippen molar-refractivity contribution < 1.29 is 0 Å². The Labute approximate surface area is 245 Å². The van der Waals surface area contributed by atoms with Gasteiger partial charge in [-0.1, -0.05) is 56.3 Å². The average molecular weight is 542 g/mol. The summed E-state index contributed by atoms with van der Waals surface area (Å²) in [5.74, 6) is 0. The van der Waals surface area contributed by atoms with Crippen molar-refractivity contribution in [2.45, 2.75) is 83.1 Å². The standard InChI is InChI=1S/C38H43N3/c1-3-4-21-41-25(2)28-13-5-6-16-33(28)38(41)34-22-26-11-7-17-39-19-9-14-29(36(26)39)31(34)24-32-30-15-10-20-40-18-8-12-27(37(30)40)23-35(32)38/h5-6,13,16,22-23H,2-4,7-12,14-15,17-21,24H2,1H3. The average Bonchev–Trinajstić information content (AvgIpc) is 3.26. The van der Waals surface area contributed by atoms with Crippen LogP contribution in [0.25, 0.3) is 5.70 Å². The van der Waals surface area contributed by atoms with Gasteiger partial charge in [-0.25, -0.2) is 0 Å². The van der Waals surface area contributed by atoms with E-state index >= 15 is 0 Å². The Hall–Kier alpha value is -3.20. The highest BCUT2D eigenvalue weighted by Gasteiger charge is 2.54. The van der Waals surface area contributed by atoms with Gasteiger partial charge in [-0.3, -0.25) is 0 Å². The predicted octanol–water partition coefficient (Wildman–Crippen LogP) is 7.37. The zero-order valence-corrected chi connectivity index (χ0v) is 24.8. The molecule has 1 aliphatic carbocycles. The fraction of sp³-hybridized carbons (Fsp3) is 0.474. The summed E-state index contributed by atoms with van der Waals surface area (Å²) in [6.07, 6.45) is 13.5. The molecule has 0 fully saturated rings. The maximum atomic E-state index is 4.84. The van der Waals surface area contributed by atoms with Crippen LogP contribution in [0.15, 0.2) is 43.0 Å². The number of unbranched alkanes of at least 4 members (excludes halogenated alkanes) is 1. The first-order chi connectivity index (χ1) is 20.2. The Kier molecular flexibility index (Phi) is 5.30. The van der Waals surface area contributed by atoms with Crippen molar-refractivity contribution >= 4 is 17.1 Å². The Morgan fingerprint density at radius 1 is 0.707 bits per heavy atom. The van der Waals surface area contributed by atoms with Crippen LogP contribution in [0.3, 0.4) is 0 Å². The van der Waals surface area contributed by atoms with Crippen molar-refractivity contribution in [2.75, 3.05) is 42.5 Å². The summed E-state index contributed by atoms with van der Waals surface area (Å²) in [4.78, 5) is 8.27. The van der Waals surface area contributed by atoms with E-state index in [1.807, 2.05) is 0 Å². The number of hydrogen-bond donors (Lipinski definition) is 0. The molecule has 5 heterocycles. The van der Waals surface area contributed by atoms with E-state index in [-0.39, 0.29) is 5.54 Å². The third-order valence-electron chi connectivity index (χ3n) is 11.5. The minimum atomic E-state index is -0.276. The van der Waals surface area contributed by atoms with Crippen LogP contribution in [0.1, 0.15) is 101 Å². The highest BCUT2D eigenvalue weighted by Crippen LogP contribution is 2.60. The molecule has 210 valence electrons. The monoisotopic (exact) mass is 541 g/mol. The van der Waals surface area contributed by atoms with E-state index in [0.29, 0.717) is 0 Å². The van der Waals surface area contributed by atoms with E-state index in [1.54, 1.807) is 55.9 Å². The molecule has 3 heteroatoms. The van der Waals surface area contributed by atoms with Crippen molar-refractivity contribution in [3.8, 4) is 0 Å². The molecule has 0 aromatic heterocycles. The zero-order valence-electron chi connectivity index (χ0n) is 24.8. The Bertz CT molecular complexity index is 1530. The van der Waals surface area contributed by atoms with Gasteiger partial charge in [-0.15, -0.1) is 0 Å². The second kappa shape index (κ2) is 8.90. The van der Waals surface area contributed by atoms with Gasteiger partial charge in [0.2, 0.25) is 0 Å². The maximum Gasteiger partial charge on any atom is 0.117 e. The number of aryl methyl sites for hydroxylation is 2. The van der Waals surface area contributed by atoms with Crippen LogP contribution in [0, 0.1) is 0 Å². The van der Waals surface area contributed by atoms with Crippen LogP contribution < -0.4 is 9.80 Å². The second-order valence-electron chi connectivity index (χ2n) is 13.6. The third kappa shape index (κ3) is 3.11. The van der Waals surface area contributed by atoms with Crippen LogP contribution in [0.4, 0.5) is 11.4 Å². The van der Waals surface area contributed by atoms with E-state index < -0.39 is 0 Å². The van der Waals surface area contributed by atoms with Crippen LogP contribution >= 0.6 is 0 Å². The normalized spacial score (nSPS) is 20.9. The summed E-state index contributed by atoms with van der Waals surface area (Å²) in [5, 5.41) is 0. The number of rotatable bonds is 3. The van der Waals surface area contributed by atoms with Gasteiger partial charge >= 0.3 is 0 Å². The predicted molar refractivity (Wildman–Crippen MR) is 170 cm³/mol. The summed E-state index contributed by atoms with van der Waals surface area (Å²) >= 11 is 0. The lowest BCUT2D eigenvalue weighted by atomic mass is 9.64. The molecule has 0 radical (unpaired) electrons. The number of fused-ring (bicyclic) bond motifs is 8. The molecule has 5 aliphatic heterocycles. The largest absolute Gasteiger partial charge is 0.371 e. The Balaban J connectivity index is 1.42. The Morgan fingerprint density at radius 2 is 1.27 bits per heavy atom. The van der Waals surface area contributed by atoms with E-state index in [2.05, 4.69) is 58.0 Å². The molecule has 0 N–H and O–H groups in total. The first kappa shape index (κ1) is 24.4. The minimum absolute atomic E-state index is 0.276. The van der Waals surface area contributed by atoms with Gasteiger partial charge in [0.1, 0.15) is 5.54 Å². The molecule has 1 spiro atoms. The quantitative estimate of drug-likeness (QED) is 0.343. The lowest BCUT2D eigenvalue weighted by Crippen LogP contribution is -2.48. The summed E-state index contributed by atoms with van der Waals surface area (Å²) in [6.45, 7) is 13.2. The van der Waals surface area contributed by atoms with Gasteiger partial charge in [0.25, 0.3) is 0 Å². The molecule has 3 aromatic carbocycles. The number of nitrogens with zero attached hydrogens (tertiary/aromatic N) is 3. The number of anilines is 2. The molecule has 9 rings (SSSR count). The molecule has 0 unspecified atom stereocenters. The molecular weight excluding hydrogens is 498 g/mol. The first-order valence-electron chi connectivity index (χ1n) is 16.6. The topological polar surface area (TPSA) is 9.72 Å². The molecule has 0 bridgehead atoms. The van der Waals surface area contributed by atoms with Gasteiger partial charge in [0.05, 0.1) is 0 Å². The van der Waals surface area contributed by atoms with Crippen LogP contribution in [-0.2, 0) is 37.6 Å². The summed E-state index contributed by atoms with van der Waals surface area (Å²) in [5.41, 5.74) is 20.2. The SMILES string of the molecule is C=C1c2ccccc2C2(c3cc4c5c(c3Cc3c2cc2c6c3CCCN6CCC2)CCCN5CCC4)N1CCCC. The summed E-state index contributed by atoms with van der Waals surface area (Å²) in [6, 6.07) is 14.8. The molecule has 6 aliphatic rings. The highest BCUT2D eigenvalue weighted by atomic mass is 15.2. The fourth-order valence-corrected chi connectivity index (χ4v) is 9.97. The minimum Gasteiger partial charge on any atom is -0.371 e. The van der Waals surface area contributed by atoms with Crippen LogP contribution in [0.2, 0.25) is 0 Å². The molecule has 0 atom stereocenters. The fourth-order valence-electron chi connectivity index (χ4n) is 9.97. The number of hydrogen-bond acceptors (Lipinski definition) is 3. The van der Waals surface area contributed by atoms with Crippen molar-refractivity contribution in [2.24, 2.45) is 0 Å². The molecular formula is C38H43N3. The third-order valence-corrected chi connectivity index (χ3v) is 11.5. The second-order valence-corrected chi connectivity index (χ2v) is 13.6. The van der Waals surface area contributed by atoms with E-state index in [4.69, 9.17) is 6.58 Å². The smallest absolute Gasteiger partial charge is 0.117 e. The van der Waals surface area contributed by atoms with Gasteiger partial charge in [-0.05, 0) is 114 Å². The van der Waals surface area contributed by atoms with Crippen molar-refractivity contribution in [3.63, 3.8) is 0 Å². The Morgan fingerprint density at radius 3 is 1.85 bits per heavy atom. The molecule has 3 nitrogen and oxygen atoms in total. The van der Waals surface area contributed by atoms with Gasteiger partial charge in [0.15, 0.2) is 0 Å². The molecule has 0 saturated heterocycles. The molecule has 0 saturated carbocycles. The van der Waals surface area contributed by atoms with Crippen molar-refractivity contribution in [3.05, 3.63) is 98.6 Å². The van der Waals surface area contributed by atoms with Crippen molar-refractivity contribution in [1.29, 1.82) is 0 Å². The first-order valence-corrected chi connectivity index (χ1v) is 16.6. The van der Waals surface area contributed by atoms with Crippen molar-refractivity contribution in [1.82, 2.24) is 4.90 Å². The van der Waals surface area contributed by atoms with E-state index in [0.717, 1.165) is 13.0 Å². The lowest BCUT2D eigenvalue weighted by molar-refractivity contribution is 0.256. The van der Waals surface area contributed by atoms with Gasteiger partial charge in [-0.2, -0.15) is 0 Å². The summed E-state index contributed by atoms with van der Waals surface area (Å²) < 4.78 is 0.